The van der Waals surface area contributed by atoms with Crippen molar-refractivity contribution >= 4 is 18.0 Å². The van der Waals surface area contributed by atoms with Crippen LogP contribution in [-0.2, 0) is 19.1 Å². The molecule has 1 aliphatic rings. The highest BCUT2D eigenvalue weighted by Crippen LogP contribution is 2.24. The second kappa shape index (κ2) is 8.33. The number of ether oxygens (including phenoxy) is 2. The number of piperidine rings is 1. The molecule has 1 atom stereocenters. The average Bonchev–Trinajstić information content (AvgIpc) is 2.52. The number of nitrogens with one attached hydrogen (secondary N) is 1. The minimum Gasteiger partial charge on any atom is -0.467 e. The fourth-order valence-corrected chi connectivity index (χ4v) is 2.43. The first-order valence-corrected chi connectivity index (χ1v) is 8.22. The summed E-state index contributed by atoms with van der Waals surface area (Å²) in [6.45, 7) is 9.21. The van der Waals surface area contributed by atoms with E-state index < -0.39 is 35.2 Å². The molecule has 0 radical (unpaired) electrons. The highest BCUT2D eigenvalue weighted by molar-refractivity contribution is 5.90. The summed E-state index contributed by atoms with van der Waals surface area (Å²) in [6.07, 6.45) is 1.31. The van der Waals surface area contributed by atoms with Crippen molar-refractivity contribution < 1.29 is 29.0 Å². The summed E-state index contributed by atoms with van der Waals surface area (Å²) < 4.78 is 9.91. The maximum Gasteiger partial charge on any atom is 0.410 e. The van der Waals surface area contributed by atoms with Crippen LogP contribution in [0, 0.1) is 0 Å². The Kier molecular flexibility index (Phi) is 6.98. The molecule has 142 valence electrons. The Bertz CT molecular complexity index is 518. The fourth-order valence-electron chi connectivity index (χ4n) is 2.43. The summed E-state index contributed by atoms with van der Waals surface area (Å²) in [5.74, 6) is -1.27. The minimum atomic E-state index is -1.65. The second-order valence-corrected chi connectivity index (χ2v) is 7.07. The largest absolute Gasteiger partial charge is 0.467 e. The zero-order valence-electron chi connectivity index (χ0n) is 15.3. The van der Waals surface area contributed by atoms with Gasteiger partial charge in [-0.3, -0.25) is 4.79 Å². The maximum atomic E-state index is 12.4. The molecule has 1 rings (SSSR count). The van der Waals surface area contributed by atoms with Gasteiger partial charge < -0.3 is 24.8 Å². The van der Waals surface area contributed by atoms with Crippen LogP contribution in [0.2, 0.25) is 0 Å². The van der Waals surface area contributed by atoms with Crippen LogP contribution in [0.15, 0.2) is 12.7 Å². The molecule has 1 unspecified atom stereocenters. The summed E-state index contributed by atoms with van der Waals surface area (Å²) in [5.41, 5.74) is -2.26. The van der Waals surface area contributed by atoms with Crippen molar-refractivity contribution in [2.24, 2.45) is 0 Å². The van der Waals surface area contributed by atoms with E-state index in [1.54, 1.807) is 20.8 Å². The molecular weight excluding hydrogens is 328 g/mol. The lowest BCUT2D eigenvalue weighted by molar-refractivity contribution is -0.151. The lowest BCUT2D eigenvalue weighted by Crippen LogP contribution is -2.57. The number of hydrogen-bond donors (Lipinski definition) is 2. The molecule has 2 amide bonds. The van der Waals surface area contributed by atoms with Gasteiger partial charge in [0.25, 0.3) is 5.91 Å². The van der Waals surface area contributed by atoms with Gasteiger partial charge in [0.05, 0.1) is 7.11 Å². The van der Waals surface area contributed by atoms with Crippen molar-refractivity contribution in [3.63, 3.8) is 0 Å². The standard InChI is InChI=1S/C17H28N2O6/c1-6-7-12(13(20)24-5)18-14(21)17(23)8-10-19(11-9-17)15(22)25-16(2,3)4/h6,12,23H,1,7-11H2,2-5H3,(H,18,21). The van der Waals surface area contributed by atoms with Gasteiger partial charge in [-0.1, -0.05) is 6.08 Å². The molecule has 25 heavy (non-hydrogen) atoms. The van der Waals surface area contributed by atoms with Crippen LogP contribution >= 0.6 is 0 Å². The molecule has 1 aliphatic heterocycles. The zero-order valence-corrected chi connectivity index (χ0v) is 15.3. The van der Waals surface area contributed by atoms with Gasteiger partial charge in [-0.15, -0.1) is 6.58 Å². The number of esters is 1. The number of rotatable bonds is 5. The van der Waals surface area contributed by atoms with Crippen LogP contribution in [0.5, 0.6) is 0 Å². The summed E-state index contributed by atoms with van der Waals surface area (Å²) >= 11 is 0. The third-order valence-corrected chi connectivity index (χ3v) is 3.86. The van der Waals surface area contributed by atoms with Gasteiger partial charge >= 0.3 is 12.1 Å². The summed E-state index contributed by atoms with van der Waals surface area (Å²) in [5, 5.41) is 13.1. The van der Waals surface area contributed by atoms with E-state index in [1.165, 1.54) is 18.1 Å². The van der Waals surface area contributed by atoms with Gasteiger partial charge in [0.1, 0.15) is 17.2 Å². The summed E-state index contributed by atoms with van der Waals surface area (Å²) in [4.78, 5) is 37.5. The lowest BCUT2D eigenvalue weighted by atomic mass is 9.90. The van der Waals surface area contributed by atoms with Crippen LogP contribution < -0.4 is 5.32 Å². The van der Waals surface area contributed by atoms with E-state index in [-0.39, 0.29) is 32.4 Å². The Morgan fingerprint density at radius 1 is 1.32 bits per heavy atom. The SMILES string of the molecule is C=CCC(NC(=O)C1(O)CCN(C(=O)OC(C)(C)C)CC1)C(=O)OC. The zero-order chi connectivity index (χ0) is 19.3. The molecule has 1 fully saturated rings. The predicted octanol–water partition coefficient (Wildman–Crippen LogP) is 0.982. The van der Waals surface area contributed by atoms with Crippen LogP contribution in [0.1, 0.15) is 40.0 Å². The van der Waals surface area contributed by atoms with Crippen molar-refractivity contribution in [2.45, 2.75) is 57.3 Å². The molecule has 0 aliphatic carbocycles. The number of carbonyl (C=O) groups excluding carboxylic acids is 3. The first-order valence-electron chi connectivity index (χ1n) is 8.22. The molecule has 0 aromatic heterocycles. The van der Waals surface area contributed by atoms with Gasteiger partial charge in [-0.2, -0.15) is 0 Å². The molecular formula is C17H28N2O6. The van der Waals surface area contributed by atoms with Gasteiger partial charge in [-0.25, -0.2) is 9.59 Å². The number of nitrogens with zero attached hydrogens (tertiary/aromatic N) is 1. The number of aliphatic hydroxyl groups is 1. The molecule has 8 nitrogen and oxygen atoms in total. The number of hydrogen-bond acceptors (Lipinski definition) is 6. The average molecular weight is 356 g/mol. The van der Waals surface area contributed by atoms with E-state index in [9.17, 15) is 19.5 Å². The van der Waals surface area contributed by atoms with Crippen molar-refractivity contribution in [1.82, 2.24) is 10.2 Å². The molecule has 0 aromatic carbocycles. The molecule has 0 bridgehead atoms. The van der Waals surface area contributed by atoms with E-state index in [1.807, 2.05) is 0 Å². The molecule has 2 N–H and O–H groups in total. The predicted molar refractivity (Wildman–Crippen MR) is 90.8 cm³/mol. The topological polar surface area (TPSA) is 105 Å². The van der Waals surface area contributed by atoms with Gasteiger partial charge in [0.2, 0.25) is 0 Å². The van der Waals surface area contributed by atoms with E-state index in [4.69, 9.17) is 4.74 Å². The first kappa shape index (κ1) is 21.0. The third-order valence-electron chi connectivity index (χ3n) is 3.86. The van der Waals surface area contributed by atoms with E-state index in [2.05, 4.69) is 16.6 Å². The molecule has 0 spiro atoms. The van der Waals surface area contributed by atoms with Crippen LogP contribution in [0.3, 0.4) is 0 Å². The number of amides is 2. The van der Waals surface area contributed by atoms with Crippen LogP contribution in [0.4, 0.5) is 4.79 Å². The van der Waals surface area contributed by atoms with Crippen LogP contribution in [-0.4, -0.2) is 65.4 Å². The highest BCUT2D eigenvalue weighted by atomic mass is 16.6. The Hall–Kier alpha value is -2.09. The fraction of sp³-hybridized carbons (Fsp3) is 0.706. The van der Waals surface area contributed by atoms with Crippen LogP contribution in [0.25, 0.3) is 0 Å². The van der Waals surface area contributed by atoms with E-state index in [0.29, 0.717) is 0 Å². The van der Waals surface area contributed by atoms with Gasteiger partial charge in [0, 0.05) is 25.9 Å². The number of carbonyl (C=O) groups is 3. The van der Waals surface area contributed by atoms with Crippen molar-refractivity contribution in [1.29, 1.82) is 0 Å². The Labute approximate surface area is 148 Å². The number of likely N-dealkylation sites (tertiary alicyclic amines) is 1. The Balaban J connectivity index is 2.65. The smallest absolute Gasteiger partial charge is 0.410 e. The molecule has 0 aromatic rings. The second-order valence-electron chi connectivity index (χ2n) is 7.07. The van der Waals surface area contributed by atoms with Crippen molar-refractivity contribution in [3.05, 3.63) is 12.7 Å². The molecule has 1 saturated heterocycles. The van der Waals surface area contributed by atoms with Crippen molar-refractivity contribution in [3.8, 4) is 0 Å². The molecule has 1 heterocycles. The lowest BCUT2D eigenvalue weighted by Gasteiger charge is -2.38. The number of methoxy groups -OCH3 is 1. The quantitative estimate of drug-likeness (QED) is 0.562. The summed E-state index contributed by atoms with van der Waals surface area (Å²) in [6, 6.07) is -0.900. The van der Waals surface area contributed by atoms with Gasteiger partial charge in [-0.05, 0) is 27.2 Å². The molecule has 0 saturated carbocycles. The Morgan fingerprint density at radius 3 is 2.32 bits per heavy atom. The van der Waals surface area contributed by atoms with E-state index >= 15 is 0 Å². The minimum absolute atomic E-state index is 0.0556. The third kappa shape index (κ3) is 6.04. The normalized spacial score (nSPS) is 18.0. The van der Waals surface area contributed by atoms with Gasteiger partial charge in [0.15, 0.2) is 0 Å². The summed E-state index contributed by atoms with van der Waals surface area (Å²) in [7, 11) is 1.22. The monoisotopic (exact) mass is 356 g/mol. The Morgan fingerprint density at radius 2 is 1.88 bits per heavy atom. The maximum absolute atomic E-state index is 12.4. The van der Waals surface area contributed by atoms with Crippen molar-refractivity contribution in [2.75, 3.05) is 20.2 Å². The first-order chi connectivity index (χ1) is 11.5. The van der Waals surface area contributed by atoms with E-state index in [0.717, 1.165) is 0 Å². The molecule has 8 heteroatoms. The highest BCUT2D eigenvalue weighted by Gasteiger charge is 2.42.